The van der Waals surface area contributed by atoms with Gasteiger partial charge in [0.25, 0.3) is 0 Å². The number of rotatable bonds is 6. The maximum absolute atomic E-state index is 6.33. The van der Waals surface area contributed by atoms with Gasteiger partial charge in [-0.15, -0.1) is 0 Å². The second kappa shape index (κ2) is 9.25. The fourth-order valence-electron chi connectivity index (χ4n) is 4.31. The molecule has 1 aliphatic heterocycles. The lowest BCUT2D eigenvalue weighted by Crippen LogP contribution is -2.29. The van der Waals surface area contributed by atoms with Gasteiger partial charge in [0.05, 0.1) is 17.6 Å². The van der Waals surface area contributed by atoms with E-state index in [1.807, 2.05) is 25.3 Å². The molecule has 0 radical (unpaired) electrons. The van der Waals surface area contributed by atoms with E-state index in [9.17, 15) is 0 Å². The van der Waals surface area contributed by atoms with Crippen LogP contribution >= 0.6 is 23.2 Å². The molecule has 1 saturated heterocycles. The molecule has 3 N–H and O–H groups in total. The summed E-state index contributed by atoms with van der Waals surface area (Å²) in [5.41, 5.74) is 9.57. The van der Waals surface area contributed by atoms with Crippen LogP contribution in [0.1, 0.15) is 31.4 Å². The fraction of sp³-hybridized carbons (Fsp3) is 0.333. The van der Waals surface area contributed by atoms with Crippen molar-refractivity contribution in [2.45, 2.75) is 38.3 Å². The Hall–Kier alpha value is -2.74. The third kappa shape index (κ3) is 4.53. The first-order valence-corrected chi connectivity index (χ1v) is 11.8. The van der Waals surface area contributed by atoms with Gasteiger partial charge in [-0.3, -0.25) is 4.68 Å². The number of ether oxygens (including phenoxy) is 1. The number of anilines is 1. The van der Waals surface area contributed by atoms with Crippen molar-refractivity contribution >= 4 is 40.0 Å². The zero-order valence-electron chi connectivity index (χ0n) is 18.2. The minimum absolute atomic E-state index is 0.213. The summed E-state index contributed by atoms with van der Waals surface area (Å²) in [4.78, 5) is 4.37. The molecule has 0 amide bonds. The number of nitrogens with one attached hydrogen (secondary N) is 1. The van der Waals surface area contributed by atoms with Gasteiger partial charge in [0.15, 0.2) is 11.4 Å². The van der Waals surface area contributed by atoms with E-state index in [1.165, 1.54) is 0 Å². The first-order chi connectivity index (χ1) is 16.0. The van der Waals surface area contributed by atoms with Gasteiger partial charge < -0.3 is 20.2 Å². The fourth-order valence-corrected chi connectivity index (χ4v) is 4.79. The minimum atomic E-state index is -0.213. The third-order valence-corrected chi connectivity index (χ3v) is 6.62. The summed E-state index contributed by atoms with van der Waals surface area (Å²) in [6.45, 7) is 3.98. The Labute approximate surface area is 201 Å². The molecule has 5 rings (SSSR count). The zero-order valence-corrected chi connectivity index (χ0v) is 19.7. The SMILES string of the molecule is CC(Cc1ccc(Cl)cc1Cl)Oc1c(N)ncc2c(-c3cnn(C4CCNCC4)c3)coc12. The van der Waals surface area contributed by atoms with Gasteiger partial charge in [0, 0.05) is 40.0 Å². The molecule has 1 aliphatic rings. The molecule has 3 aromatic heterocycles. The summed E-state index contributed by atoms with van der Waals surface area (Å²) in [6, 6.07) is 5.85. The summed E-state index contributed by atoms with van der Waals surface area (Å²) in [5.74, 6) is 0.713. The second-order valence-corrected chi connectivity index (χ2v) is 9.27. The van der Waals surface area contributed by atoms with E-state index in [-0.39, 0.29) is 11.9 Å². The van der Waals surface area contributed by atoms with Gasteiger partial charge >= 0.3 is 0 Å². The Morgan fingerprint density at radius 3 is 2.88 bits per heavy atom. The second-order valence-electron chi connectivity index (χ2n) is 8.42. The van der Waals surface area contributed by atoms with Gasteiger partial charge in [-0.1, -0.05) is 29.3 Å². The number of nitrogen functional groups attached to an aromatic ring is 1. The van der Waals surface area contributed by atoms with Crippen LogP contribution in [0.5, 0.6) is 5.75 Å². The molecule has 1 unspecified atom stereocenters. The van der Waals surface area contributed by atoms with Crippen molar-refractivity contribution in [3.8, 4) is 16.9 Å². The Morgan fingerprint density at radius 2 is 2.09 bits per heavy atom. The molecule has 172 valence electrons. The summed E-state index contributed by atoms with van der Waals surface area (Å²) in [7, 11) is 0. The van der Waals surface area contributed by atoms with Crippen LogP contribution in [-0.2, 0) is 6.42 Å². The Morgan fingerprint density at radius 1 is 1.27 bits per heavy atom. The standard InChI is InChI=1S/C24H25Cl2N5O2/c1-14(8-15-2-3-17(25)9-21(15)26)33-23-22-19(11-29-24(23)27)20(13-32-22)16-10-30-31(12-16)18-4-6-28-7-5-18/h2-3,9-14,18,28H,4-8H2,1H3,(H2,27,29). The highest BCUT2D eigenvalue weighted by molar-refractivity contribution is 6.35. The lowest BCUT2D eigenvalue weighted by atomic mass is 10.1. The average Bonchev–Trinajstić information content (AvgIpc) is 3.45. The average molecular weight is 486 g/mol. The zero-order chi connectivity index (χ0) is 22.9. The highest BCUT2D eigenvalue weighted by atomic mass is 35.5. The molecule has 9 heteroatoms. The van der Waals surface area contributed by atoms with Gasteiger partial charge in [-0.05, 0) is 50.6 Å². The van der Waals surface area contributed by atoms with E-state index < -0.39 is 0 Å². The molecule has 0 bridgehead atoms. The summed E-state index contributed by atoms with van der Waals surface area (Å²) in [5, 5.41) is 10.0. The van der Waals surface area contributed by atoms with Crippen molar-refractivity contribution in [2.75, 3.05) is 18.8 Å². The Kier molecular flexibility index (Phi) is 6.19. The van der Waals surface area contributed by atoms with Gasteiger partial charge in [0.2, 0.25) is 5.75 Å². The minimum Gasteiger partial charge on any atom is -0.483 e. The topological polar surface area (TPSA) is 91.1 Å². The Bertz CT molecular complexity index is 1280. The number of furan rings is 1. The lowest BCUT2D eigenvalue weighted by molar-refractivity contribution is 0.223. The number of hydrogen-bond donors (Lipinski definition) is 2. The molecule has 33 heavy (non-hydrogen) atoms. The van der Waals surface area contributed by atoms with Crippen LogP contribution in [0, 0.1) is 0 Å². The number of nitrogens with two attached hydrogens (primary N) is 1. The molecule has 1 fully saturated rings. The summed E-state index contributed by atoms with van der Waals surface area (Å²) >= 11 is 12.3. The van der Waals surface area contributed by atoms with Gasteiger partial charge in [-0.2, -0.15) is 5.10 Å². The predicted molar refractivity (Wildman–Crippen MR) is 131 cm³/mol. The number of piperidine rings is 1. The molecule has 0 spiro atoms. The molecule has 0 aliphatic carbocycles. The largest absolute Gasteiger partial charge is 0.483 e. The van der Waals surface area contributed by atoms with E-state index in [2.05, 4.69) is 26.3 Å². The van der Waals surface area contributed by atoms with Crippen molar-refractivity contribution < 1.29 is 9.15 Å². The van der Waals surface area contributed by atoms with Gasteiger partial charge in [-0.25, -0.2) is 4.98 Å². The van der Waals surface area contributed by atoms with Crippen LogP contribution in [0.25, 0.3) is 22.1 Å². The van der Waals surface area contributed by atoms with Crippen LogP contribution in [0.15, 0.2) is 47.5 Å². The van der Waals surface area contributed by atoms with Crippen molar-refractivity contribution in [2.24, 2.45) is 0 Å². The maximum atomic E-state index is 6.33. The molecule has 1 atom stereocenters. The molecular formula is C24H25Cl2N5O2. The number of nitrogens with zero attached hydrogens (tertiary/aromatic N) is 3. The molecule has 1 aromatic carbocycles. The molecule has 7 nitrogen and oxygen atoms in total. The Balaban J connectivity index is 1.40. The van der Waals surface area contributed by atoms with Crippen LogP contribution < -0.4 is 15.8 Å². The first kappa shape index (κ1) is 22.1. The number of aromatic nitrogens is 3. The highest BCUT2D eigenvalue weighted by Crippen LogP contribution is 2.38. The number of pyridine rings is 1. The van der Waals surface area contributed by atoms with Crippen LogP contribution in [0.4, 0.5) is 5.82 Å². The molecule has 4 heterocycles. The maximum Gasteiger partial charge on any atom is 0.205 e. The number of hydrogen-bond acceptors (Lipinski definition) is 6. The van der Waals surface area contributed by atoms with Crippen LogP contribution in [0.3, 0.4) is 0 Å². The van der Waals surface area contributed by atoms with Crippen molar-refractivity contribution in [3.05, 3.63) is 58.7 Å². The predicted octanol–water partition coefficient (Wildman–Crippen LogP) is 5.51. The van der Waals surface area contributed by atoms with Crippen molar-refractivity contribution in [3.63, 3.8) is 0 Å². The van der Waals surface area contributed by atoms with E-state index in [4.69, 9.17) is 38.1 Å². The lowest BCUT2D eigenvalue weighted by Gasteiger charge is -2.22. The number of halogens is 2. The van der Waals surface area contributed by atoms with E-state index >= 15 is 0 Å². The van der Waals surface area contributed by atoms with E-state index in [1.54, 1.807) is 18.5 Å². The van der Waals surface area contributed by atoms with E-state index in [0.717, 1.165) is 48.0 Å². The van der Waals surface area contributed by atoms with Crippen LogP contribution in [-0.4, -0.2) is 34.0 Å². The van der Waals surface area contributed by atoms with Crippen LogP contribution in [0.2, 0.25) is 10.0 Å². The quantitative estimate of drug-likeness (QED) is 0.373. The highest BCUT2D eigenvalue weighted by Gasteiger charge is 2.21. The molecule has 4 aromatic rings. The number of fused-ring (bicyclic) bond motifs is 1. The molecular weight excluding hydrogens is 461 g/mol. The number of benzene rings is 1. The monoisotopic (exact) mass is 485 g/mol. The third-order valence-electron chi connectivity index (χ3n) is 6.04. The summed E-state index contributed by atoms with van der Waals surface area (Å²) < 4.78 is 14.2. The van der Waals surface area contributed by atoms with Crippen molar-refractivity contribution in [1.82, 2.24) is 20.1 Å². The first-order valence-electron chi connectivity index (χ1n) is 11.0. The van der Waals surface area contributed by atoms with Gasteiger partial charge in [0.1, 0.15) is 12.4 Å². The summed E-state index contributed by atoms with van der Waals surface area (Å²) in [6.07, 6.45) is 9.88. The van der Waals surface area contributed by atoms with E-state index in [0.29, 0.717) is 33.8 Å². The smallest absolute Gasteiger partial charge is 0.205 e. The van der Waals surface area contributed by atoms with Crippen molar-refractivity contribution in [1.29, 1.82) is 0 Å². The molecule has 0 saturated carbocycles. The normalized spacial score (nSPS) is 15.7.